The molecule has 0 spiro atoms. The predicted molar refractivity (Wildman–Crippen MR) is 76.8 cm³/mol. The standard InChI is InChI=1S/C14H14BrN3O/c1-18(9-6-11-4-7-16-8-5-11)14(19)13-3-2-12(15)10-17-13/h2-5,7-8,10H,6,9H2,1H3. The van der Waals surface area contributed by atoms with Gasteiger partial charge in [0.15, 0.2) is 0 Å². The van der Waals surface area contributed by atoms with E-state index in [9.17, 15) is 4.79 Å². The third-order valence-electron chi connectivity index (χ3n) is 2.78. The second kappa shape index (κ2) is 6.43. The van der Waals surface area contributed by atoms with E-state index in [4.69, 9.17) is 0 Å². The highest BCUT2D eigenvalue weighted by Crippen LogP contribution is 2.09. The first-order valence-corrected chi connectivity index (χ1v) is 6.72. The number of carbonyl (C=O) groups is 1. The van der Waals surface area contributed by atoms with Gasteiger partial charge < -0.3 is 4.90 Å². The Morgan fingerprint density at radius 2 is 2.00 bits per heavy atom. The average Bonchev–Trinajstić information content (AvgIpc) is 2.46. The molecule has 1 amide bonds. The second-order valence-corrected chi connectivity index (χ2v) is 5.11. The number of nitrogens with zero attached hydrogens (tertiary/aromatic N) is 3. The molecule has 0 bridgehead atoms. The Bertz CT molecular complexity index is 542. The van der Waals surface area contributed by atoms with Crippen molar-refractivity contribution in [2.75, 3.05) is 13.6 Å². The van der Waals surface area contributed by atoms with Crippen LogP contribution in [-0.4, -0.2) is 34.4 Å². The summed E-state index contributed by atoms with van der Waals surface area (Å²) < 4.78 is 0.864. The molecule has 0 atom stereocenters. The number of rotatable bonds is 4. The number of hydrogen-bond acceptors (Lipinski definition) is 3. The highest BCUT2D eigenvalue weighted by molar-refractivity contribution is 9.10. The van der Waals surface area contributed by atoms with Crippen molar-refractivity contribution in [2.45, 2.75) is 6.42 Å². The first kappa shape index (κ1) is 13.7. The molecule has 2 rings (SSSR count). The van der Waals surface area contributed by atoms with Crippen molar-refractivity contribution in [1.29, 1.82) is 0 Å². The molecule has 0 aliphatic carbocycles. The zero-order valence-corrected chi connectivity index (χ0v) is 12.2. The Morgan fingerprint density at radius 1 is 1.26 bits per heavy atom. The Kier molecular flexibility index (Phi) is 4.63. The van der Waals surface area contributed by atoms with Gasteiger partial charge in [-0.1, -0.05) is 0 Å². The lowest BCUT2D eigenvalue weighted by Crippen LogP contribution is -2.29. The second-order valence-electron chi connectivity index (χ2n) is 4.19. The Morgan fingerprint density at radius 3 is 2.63 bits per heavy atom. The van der Waals surface area contributed by atoms with Crippen molar-refractivity contribution in [1.82, 2.24) is 14.9 Å². The summed E-state index contributed by atoms with van der Waals surface area (Å²) in [6, 6.07) is 7.44. The third kappa shape index (κ3) is 3.86. The fraction of sp³-hybridized carbons (Fsp3) is 0.214. The Balaban J connectivity index is 1.94. The summed E-state index contributed by atoms with van der Waals surface area (Å²) in [5, 5.41) is 0. The van der Waals surface area contributed by atoms with E-state index in [2.05, 4.69) is 25.9 Å². The van der Waals surface area contributed by atoms with Crippen LogP contribution in [0.15, 0.2) is 47.3 Å². The number of aromatic nitrogens is 2. The molecule has 2 aromatic rings. The molecule has 0 saturated heterocycles. The van der Waals surface area contributed by atoms with Crippen LogP contribution >= 0.6 is 15.9 Å². The first-order valence-electron chi connectivity index (χ1n) is 5.93. The zero-order chi connectivity index (χ0) is 13.7. The van der Waals surface area contributed by atoms with Crippen LogP contribution in [0.2, 0.25) is 0 Å². The minimum atomic E-state index is -0.0680. The maximum atomic E-state index is 12.1. The van der Waals surface area contributed by atoms with Gasteiger partial charge in [0, 0.05) is 36.7 Å². The molecule has 4 nitrogen and oxygen atoms in total. The van der Waals surface area contributed by atoms with Gasteiger partial charge in [-0.25, -0.2) is 4.98 Å². The number of hydrogen-bond donors (Lipinski definition) is 0. The van der Waals surface area contributed by atoms with Gasteiger partial charge in [-0.05, 0) is 52.2 Å². The van der Waals surface area contributed by atoms with Crippen LogP contribution in [-0.2, 0) is 6.42 Å². The first-order chi connectivity index (χ1) is 9.16. The molecule has 0 fully saturated rings. The molecule has 0 N–H and O–H groups in total. The monoisotopic (exact) mass is 319 g/mol. The van der Waals surface area contributed by atoms with Crippen molar-refractivity contribution in [3.8, 4) is 0 Å². The highest BCUT2D eigenvalue weighted by Gasteiger charge is 2.12. The summed E-state index contributed by atoms with van der Waals surface area (Å²) in [5.74, 6) is -0.0680. The molecule has 19 heavy (non-hydrogen) atoms. The number of carbonyl (C=O) groups excluding carboxylic acids is 1. The van der Waals surface area contributed by atoms with Crippen LogP contribution in [0.25, 0.3) is 0 Å². The minimum Gasteiger partial charge on any atom is -0.340 e. The summed E-state index contributed by atoms with van der Waals surface area (Å²) in [7, 11) is 1.78. The lowest BCUT2D eigenvalue weighted by molar-refractivity contribution is 0.0791. The fourth-order valence-electron chi connectivity index (χ4n) is 1.65. The van der Waals surface area contributed by atoms with E-state index >= 15 is 0 Å². The SMILES string of the molecule is CN(CCc1ccncc1)C(=O)c1ccc(Br)cn1. The van der Waals surface area contributed by atoms with Crippen molar-refractivity contribution < 1.29 is 4.79 Å². The minimum absolute atomic E-state index is 0.0680. The van der Waals surface area contributed by atoms with Crippen LogP contribution < -0.4 is 0 Å². The van der Waals surface area contributed by atoms with E-state index < -0.39 is 0 Å². The molecular weight excluding hydrogens is 306 g/mol. The van der Waals surface area contributed by atoms with E-state index in [0.29, 0.717) is 12.2 Å². The van der Waals surface area contributed by atoms with Crippen molar-refractivity contribution in [3.63, 3.8) is 0 Å². The van der Waals surface area contributed by atoms with Gasteiger partial charge in [0.05, 0.1) is 0 Å². The number of likely N-dealkylation sites (N-methyl/N-ethyl adjacent to an activating group) is 1. The Labute approximate surface area is 120 Å². The molecule has 0 aromatic carbocycles. The molecule has 0 aliphatic rings. The van der Waals surface area contributed by atoms with Gasteiger partial charge in [-0.2, -0.15) is 0 Å². The van der Waals surface area contributed by atoms with Crippen molar-refractivity contribution in [2.24, 2.45) is 0 Å². The molecular formula is C14H14BrN3O. The van der Waals surface area contributed by atoms with Gasteiger partial charge in [0.25, 0.3) is 5.91 Å². The molecule has 0 aliphatic heterocycles. The van der Waals surface area contributed by atoms with E-state index in [1.165, 1.54) is 5.56 Å². The van der Waals surface area contributed by atoms with Crippen molar-refractivity contribution in [3.05, 3.63) is 58.6 Å². The highest BCUT2D eigenvalue weighted by atomic mass is 79.9. The van der Waals surface area contributed by atoms with Gasteiger partial charge in [-0.15, -0.1) is 0 Å². The number of pyridine rings is 2. The summed E-state index contributed by atoms with van der Waals surface area (Å²) in [5.41, 5.74) is 1.62. The molecule has 5 heteroatoms. The summed E-state index contributed by atoms with van der Waals surface area (Å²) in [6.07, 6.45) is 5.95. The lowest BCUT2D eigenvalue weighted by atomic mass is 10.2. The largest absolute Gasteiger partial charge is 0.340 e. The van der Waals surface area contributed by atoms with Crippen LogP contribution in [0, 0.1) is 0 Å². The molecule has 0 radical (unpaired) electrons. The quantitative estimate of drug-likeness (QED) is 0.870. The predicted octanol–water partition coefficient (Wildman–Crippen LogP) is 2.55. The lowest BCUT2D eigenvalue weighted by Gasteiger charge is -2.16. The van der Waals surface area contributed by atoms with Crippen LogP contribution in [0.1, 0.15) is 16.1 Å². The van der Waals surface area contributed by atoms with Gasteiger partial charge in [-0.3, -0.25) is 9.78 Å². The third-order valence-corrected chi connectivity index (χ3v) is 3.25. The van der Waals surface area contributed by atoms with Crippen LogP contribution in [0.4, 0.5) is 0 Å². The van der Waals surface area contributed by atoms with Crippen LogP contribution in [0.3, 0.4) is 0 Å². The van der Waals surface area contributed by atoms with E-state index in [1.807, 2.05) is 18.2 Å². The zero-order valence-electron chi connectivity index (χ0n) is 10.6. The molecule has 0 saturated carbocycles. The molecule has 2 aromatic heterocycles. The number of amides is 1. The summed E-state index contributed by atoms with van der Waals surface area (Å²) in [4.78, 5) is 21.9. The van der Waals surface area contributed by atoms with Crippen molar-refractivity contribution >= 4 is 21.8 Å². The van der Waals surface area contributed by atoms with Gasteiger partial charge in [0.2, 0.25) is 0 Å². The fourth-order valence-corrected chi connectivity index (χ4v) is 1.88. The topological polar surface area (TPSA) is 46.1 Å². The molecule has 98 valence electrons. The molecule has 0 unspecified atom stereocenters. The normalized spacial score (nSPS) is 10.2. The van der Waals surface area contributed by atoms with Gasteiger partial charge in [0.1, 0.15) is 5.69 Å². The molecule has 2 heterocycles. The summed E-state index contributed by atoms with van der Waals surface area (Å²) in [6.45, 7) is 0.653. The summed E-state index contributed by atoms with van der Waals surface area (Å²) >= 11 is 3.30. The smallest absolute Gasteiger partial charge is 0.272 e. The van der Waals surface area contributed by atoms with Crippen LogP contribution in [0.5, 0.6) is 0 Å². The van der Waals surface area contributed by atoms with E-state index in [-0.39, 0.29) is 5.91 Å². The van der Waals surface area contributed by atoms with E-state index in [1.54, 1.807) is 36.6 Å². The Hall–Kier alpha value is -1.75. The maximum Gasteiger partial charge on any atom is 0.272 e. The number of halogens is 1. The average molecular weight is 320 g/mol. The maximum absolute atomic E-state index is 12.1. The van der Waals surface area contributed by atoms with Gasteiger partial charge >= 0.3 is 0 Å². The van der Waals surface area contributed by atoms with E-state index in [0.717, 1.165) is 10.9 Å².